The molecule has 0 fully saturated rings. The Morgan fingerprint density at radius 2 is 1.89 bits per heavy atom. The first kappa shape index (κ1) is 14.1. The van der Waals surface area contributed by atoms with Crippen LogP contribution in [0.2, 0.25) is 0 Å². The number of aromatic carboxylic acids is 1. The lowest BCUT2D eigenvalue weighted by Gasteiger charge is -2.10. The molecule has 0 spiro atoms. The first-order valence-corrected chi connectivity index (χ1v) is 6.31. The molecule has 1 rings (SSSR count). The second kappa shape index (κ2) is 5.15. The smallest absolute Gasteiger partial charge is 0.335 e. The SMILES string of the molecule is C[C@@H](NS(=O)(=O)c1cccc(C(=O)O)c1)C(=O)O. The van der Waals surface area contributed by atoms with Crippen molar-refractivity contribution in [3.05, 3.63) is 29.8 Å². The number of nitrogens with one attached hydrogen (secondary N) is 1. The number of hydrogen-bond donors (Lipinski definition) is 3. The number of carboxylic acids is 2. The fourth-order valence-electron chi connectivity index (χ4n) is 1.15. The molecule has 0 unspecified atom stereocenters. The molecule has 0 amide bonds. The molecular formula is C10H11NO6S. The lowest BCUT2D eigenvalue weighted by molar-refractivity contribution is -0.138. The van der Waals surface area contributed by atoms with Crippen LogP contribution in [0.15, 0.2) is 29.2 Å². The van der Waals surface area contributed by atoms with Gasteiger partial charge in [-0.05, 0) is 25.1 Å². The Hall–Kier alpha value is -1.93. The zero-order chi connectivity index (χ0) is 13.9. The predicted octanol–water partition coefficient (Wildman–Crippen LogP) is 0.136. The molecule has 0 saturated heterocycles. The molecule has 3 N–H and O–H groups in total. The molecule has 7 nitrogen and oxygen atoms in total. The Morgan fingerprint density at radius 3 is 2.39 bits per heavy atom. The molecule has 0 aliphatic rings. The first-order chi connectivity index (χ1) is 8.24. The number of benzene rings is 1. The molecule has 0 aromatic heterocycles. The van der Waals surface area contributed by atoms with Crippen LogP contribution in [-0.2, 0) is 14.8 Å². The highest BCUT2D eigenvalue weighted by Gasteiger charge is 2.22. The van der Waals surface area contributed by atoms with Gasteiger partial charge < -0.3 is 10.2 Å². The van der Waals surface area contributed by atoms with Crippen LogP contribution in [-0.4, -0.2) is 36.6 Å². The first-order valence-electron chi connectivity index (χ1n) is 4.82. The summed E-state index contributed by atoms with van der Waals surface area (Å²) >= 11 is 0. The van der Waals surface area contributed by atoms with Gasteiger partial charge in [-0.1, -0.05) is 6.07 Å². The van der Waals surface area contributed by atoms with Crippen LogP contribution in [0.5, 0.6) is 0 Å². The quantitative estimate of drug-likeness (QED) is 0.701. The maximum atomic E-state index is 11.8. The van der Waals surface area contributed by atoms with Crippen LogP contribution in [0.25, 0.3) is 0 Å². The van der Waals surface area contributed by atoms with Crippen LogP contribution in [0.4, 0.5) is 0 Å². The number of carboxylic acid groups (broad SMARTS) is 2. The fourth-order valence-corrected chi connectivity index (χ4v) is 2.39. The van der Waals surface area contributed by atoms with E-state index >= 15 is 0 Å². The van der Waals surface area contributed by atoms with Gasteiger partial charge in [-0.3, -0.25) is 4.79 Å². The number of sulfonamides is 1. The number of hydrogen-bond acceptors (Lipinski definition) is 4. The average molecular weight is 273 g/mol. The summed E-state index contributed by atoms with van der Waals surface area (Å²) < 4.78 is 25.4. The van der Waals surface area contributed by atoms with Gasteiger partial charge in [-0.25, -0.2) is 13.2 Å². The van der Waals surface area contributed by atoms with Gasteiger partial charge in [0.25, 0.3) is 0 Å². The normalized spacial score (nSPS) is 12.9. The molecule has 0 saturated carbocycles. The third-order valence-electron chi connectivity index (χ3n) is 2.09. The minimum Gasteiger partial charge on any atom is -0.480 e. The Balaban J connectivity index is 3.09. The summed E-state index contributed by atoms with van der Waals surface area (Å²) in [5, 5.41) is 17.3. The summed E-state index contributed by atoms with van der Waals surface area (Å²) in [5.41, 5.74) is -0.194. The molecular weight excluding hydrogens is 262 g/mol. The van der Waals surface area contributed by atoms with Crippen molar-refractivity contribution in [2.24, 2.45) is 0 Å². The molecule has 0 radical (unpaired) electrons. The fraction of sp³-hybridized carbons (Fsp3) is 0.200. The van der Waals surface area contributed by atoms with Gasteiger partial charge in [0.1, 0.15) is 6.04 Å². The topological polar surface area (TPSA) is 121 Å². The maximum Gasteiger partial charge on any atom is 0.335 e. The summed E-state index contributed by atoms with van der Waals surface area (Å²) in [7, 11) is -4.05. The van der Waals surface area contributed by atoms with Crippen LogP contribution in [0.1, 0.15) is 17.3 Å². The van der Waals surface area contributed by atoms with Gasteiger partial charge in [-0.15, -0.1) is 0 Å². The van der Waals surface area contributed by atoms with Gasteiger partial charge in [0.15, 0.2) is 0 Å². The average Bonchev–Trinajstić information content (AvgIpc) is 2.28. The highest BCUT2D eigenvalue weighted by atomic mass is 32.2. The van der Waals surface area contributed by atoms with Gasteiger partial charge in [0.2, 0.25) is 10.0 Å². The second-order valence-electron chi connectivity index (χ2n) is 3.51. The van der Waals surface area contributed by atoms with E-state index in [4.69, 9.17) is 10.2 Å². The molecule has 18 heavy (non-hydrogen) atoms. The highest BCUT2D eigenvalue weighted by Crippen LogP contribution is 2.12. The van der Waals surface area contributed by atoms with Crippen molar-refractivity contribution in [2.75, 3.05) is 0 Å². The number of aliphatic carboxylic acids is 1. The van der Waals surface area contributed by atoms with E-state index in [2.05, 4.69) is 0 Å². The summed E-state index contributed by atoms with van der Waals surface area (Å²) in [6, 6.07) is 3.34. The monoisotopic (exact) mass is 273 g/mol. The van der Waals surface area contributed by atoms with E-state index in [0.29, 0.717) is 0 Å². The molecule has 1 atom stereocenters. The third-order valence-corrected chi connectivity index (χ3v) is 3.63. The summed E-state index contributed by atoms with van der Waals surface area (Å²) in [5.74, 6) is -2.59. The summed E-state index contributed by atoms with van der Waals surface area (Å²) in [6.45, 7) is 1.17. The van der Waals surface area contributed by atoms with Crippen molar-refractivity contribution < 1.29 is 28.2 Å². The molecule has 1 aromatic carbocycles. The van der Waals surface area contributed by atoms with E-state index < -0.39 is 28.0 Å². The van der Waals surface area contributed by atoms with Crippen molar-refractivity contribution in [1.29, 1.82) is 0 Å². The number of rotatable bonds is 5. The second-order valence-corrected chi connectivity index (χ2v) is 5.23. The van der Waals surface area contributed by atoms with Crippen LogP contribution in [0, 0.1) is 0 Å². The summed E-state index contributed by atoms with van der Waals surface area (Å²) in [6.07, 6.45) is 0. The highest BCUT2D eigenvalue weighted by molar-refractivity contribution is 7.89. The zero-order valence-electron chi connectivity index (χ0n) is 9.32. The Bertz CT molecular complexity index is 580. The zero-order valence-corrected chi connectivity index (χ0v) is 10.1. The van der Waals surface area contributed by atoms with Crippen molar-refractivity contribution in [3.8, 4) is 0 Å². The van der Waals surface area contributed by atoms with Crippen LogP contribution >= 0.6 is 0 Å². The molecule has 0 bridgehead atoms. The molecule has 98 valence electrons. The van der Waals surface area contributed by atoms with E-state index in [-0.39, 0.29) is 10.5 Å². The maximum absolute atomic E-state index is 11.8. The van der Waals surface area contributed by atoms with Crippen LogP contribution < -0.4 is 4.72 Å². The van der Waals surface area contributed by atoms with Crippen molar-refractivity contribution in [3.63, 3.8) is 0 Å². The van der Waals surface area contributed by atoms with E-state index in [1.165, 1.54) is 25.1 Å². The van der Waals surface area contributed by atoms with Gasteiger partial charge >= 0.3 is 11.9 Å². The lowest BCUT2D eigenvalue weighted by atomic mass is 10.2. The Kier molecular flexibility index (Phi) is 4.04. The molecule has 0 aliphatic heterocycles. The molecule has 8 heteroatoms. The van der Waals surface area contributed by atoms with E-state index in [9.17, 15) is 18.0 Å². The van der Waals surface area contributed by atoms with Crippen LogP contribution in [0.3, 0.4) is 0 Å². The summed E-state index contributed by atoms with van der Waals surface area (Å²) in [4.78, 5) is 21.0. The Labute approximate surface area is 103 Å². The molecule has 0 heterocycles. The minimum absolute atomic E-state index is 0.194. The lowest BCUT2D eigenvalue weighted by Crippen LogP contribution is -2.38. The molecule has 1 aromatic rings. The minimum atomic E-state index is -4.05. The number of carbonyl (C=O) groups is 2. The van der Waals surface area contributed by atoms with Gasteiger partial charge in [-0.2, -0.15) is 4.72 Å². The Morgan fingerprint density at radius 1 is 1.28 bits per heavy atom. The van der Waals surface area contributed by atoms with Crippen molar-refractivity contribution >= 4 is 22.0 Å². The largest absolute Gasteiger partial charge is 0.480 e. The molecule has 0 aliphatic carbocycles. The standard InChI is InChI=1S/C10H11NO6S/c1-6(9(12)13)11-18(16,17)8-4-2-3-7(5-8)10(14)15/h2-6,11H,1H3,(H,12,13)(H,14,15)/t6-/m1/s1. The van der Waals surface area contributed by atoms with E-state index in [1.54, 1.807) is 0 Å². The van der Waals surface area contributed by atoms with Crippen molar-refractivity contribution in [2.45, 2.75) is 17.9 Å². The predicted molar refractivity (Wildman–Crippen MR) is 60.8 cm³/mol. The van der Waals surface area contributed by atoms with Gasteiger partial charge in [0.05, 0.1) is 10.5 Å². The van der Waals surface area contributed by atoms with Crippen molar-refractivity contribution in [1.82, 2.24) is 4.72 Å². The third kappa shape index (κ3) is 3.28. The van der Waals surface area contributed by atoms with Gasteiger partial charge in [0, 0.05) is 0 Å². The van der Waals surface area contributed by atoms with E-state index in [1.807, 2.05) is 4.72 Å². The van der Waals surface area contributed by atoms with E-state index in [0.717, 1.165) is 6.07 Å².